The van der Waals surface area contributed by atoms with Crippen LogP contribution in [0.5, 0.6) is 5.75 Å². The maximum absolute atomic E-state index is 12.8. The molecule has 0 aliphatic heterocycles. The van der Waals surface area contributed by atoms with E-state index < -0.39 is 0 Å². The van der Waals surface area contributed by atoms with Crippen molar-refractivity contribution in [3.63, 3.8) is 0 Å². The topological polar surface area (TPSA) is 39.4 Å². The van der Waals surface area contributed by atoms with E-state index in [1.165, 1.54) is 12.1 Å². The number of ether oxygens (including phenoxy) is 1. The number of nitrogens with zero attached hydrogens (tertiary/aromatic N) is 3. The summed E-state index contributed by atoms with van der Waals surface area (Å²) in [4.78, 5) is 4.42. The van der Waals surface area contributed by atoms with Crippen LogP contribution in [0.15, 0.2) is 42.6 Å². The summed E-state index contributed by atoms with van der Waals surface area (Å²) in [6, 6.07) is 10.00. The first-order chi connectivity index (χ1) is 9.24. The van der Waals surface area contributed by atoms with Gasteiger partial charge in [-0.15, -0.1) is 0 Å². The highest BCUT2D eigenvalue weighted by Gasteiger charge is 2.06. The first kappa shape index (κ1) is 11.6. The number of hydrogen-bond acceptors (Lipinski definition) is 3. The van der Waals surface area contributed by atoms with Crippen molar-refractivity contribution in [3.05, 3.63) is 59.8 Å². The Morgan fingerprint density at radius 2 is 2.00 bits per heavy atom. The number of hydrogen-bond donors (Lipinski definition) is 0. The molecule has 4 nitrogen and oxygen atoms in total. The Labute approximate surface area is 109 Å². The van der Waals surface area contributed by atoms with E-state index in [-0.39, 0.29) is 5.82 Å². The van der Waals surface area contributed by atoms with Crippen LogP contribution in [0.25, 0.3) is 5.65 Å². The summed E-state index contributed by atoms with van der Waals surface area (Å²) >= 11 is 0. The molecule has 0 saturated carbocycles. The number of methoxy groups -OCH3 is 1. The smallest absolute Gasteiger partial charge is 0.159 e. The SMILES string of the molecule is COc1ccn2nc(Cc3ccc(F)cc3)nc2c1. The third kappa shape index (κ3) is 2.40. The molecule has 1 aromatic carbocycles. The van der Waals surface area contributed by atoms with E-state index in [9.17, 15) is 4.39 Å². The zero-order chi connectivity index (χ0) is 13.2. The lowest BCUT2D eigenvalue weighted by molar-refractivity contribution is 0.414. The van der Waals surface area contributed by atoms with Crippen LogP contribution >= 0.6 is 0 Å². The predicted molar refractivity (Wildman–Crippen MR) is 68.7 cm³/mol. The summed E-state index contributed by atoms with van der Waals surface area (Å²) in [6.07, 6.45) is 2.37. The van der Waals surface area contributed by atoms with Gasteiger partial charge in [-0.3, -0.25) is 0 Å². The fourth-order valence-electron chi connectivity index (χ4n) is 1.90. The Morgan fingerprint density at radius 3 is 2.74 bits per heavy atom. The third-order valence-electron chi connectivity index (χ3n) is 2.86. The molecular formula is C14H12FN3O. The second-order valence-electron chi connectivity index (χ2n) is 4.20. The zero-order valence-electron chi connectivity index (χ0n) is 10.4. The number of fused-ring (bicyclic) bond motifs is 1. The van der Waals surface area contributed by atoms with E-state index in [0.29, 0.717) is 12.2 Å². The summed E-state index contributed by atoms with van der Waals surface area (Å²) in [6.45, 7) is 0. The van der Waals surface area contributed by atoms with Gasteiger partial charge < -0.3 is 4.74 Å². The molecule has 0 saturated heterocycles. The maximum atomic E-state index is 12.8. The standard InChI is InChI=1S/C14H12FN3O/c1-19-12-6-7-18-14(9-12)16-13(17-18)8-10-2-4-11(15)5-3-10/h2-7,9H,8H2,1H3. The van der Waals surface area contributed by atoms with E-state index in [4.69, 9.17) is 4.74 Å². The van der Waals surface area contributed by atoms with Crippen molar-refractivity contribution in [2.45, 2.75) is 6.42 Å². The van der Waals surface area contributed by atoms with Gasteiger partial charge in [-0.05, 0) is 23.8 Å². The first-order valence-electron chi connectivity index (χ1n) is 5.88. The van der Waals surface area contributed by atoms with Crippen molar-refractivity contribution in [3.8, 4) is 5.75 Å². The Bertz CT molecular complexity index is 706. The molecule has 0 unspecified atom stereocenters. The molecule has 3 aromatic rings. The minimum absolute atomic E-state index is 0.239. The van der Waals surface area contributed by atoms with Crippen molar-refractivity contribution < 1.29 is 9.13 Å². The second-order valence-corrected chi connectivity index (χ2v) is 4.20. The van der Waals surface area contributed by atoms with E-state index in [2.05, 4.69) is 10.1 Å². The molecule has 0 aliphatic carbocycles. The minimum Gasteiger partial charge on any atom is -0.497 e. The molecule has 0 amide bonds. The molecule has 0 bridgehead atoms. The van der Waals surface area contributed by atoms with Crippen molar-refractivity contribution in [2.24, 2.45) is 0 Å². The normalized spacial score (nSPS) is 10.8. The fourth-order valence-corrected chi connectivity index (χ4v) is 1.90. The number of halogens is 1. The molecule has 0 N–H and O–H groups in total. The molecule has 2 heterocycles. The van der Waals surface area contributed by atoms with Crippen LogP contribution in [0.4, 0.5) is 4.39 Å². The molecule has 0 atom stereocenters. The molecule has 3 rings (SSSR count). The monoisotopic (exact) mass is 257 g/mol. The quantitative estimate of drug-likeness (QED) is 0.723. The minimum atomic E-state index is -0.239. The van der Waals surface area contributed by atoms with Gasteiger partial charge in [-0.1, -0.05) is 12.1 Å². The van der Waals surface area contributed by atoms with Gasteiger partial charge in [0, 0.05) is 18.7 Å². The largest absolute Gasteiger partial charge is 0.497 e. The zero-order valence-corrected chi connectivity index (χ0v) is 10.4. The molecule has 96 valence electrons. The number of benzene rings is 1. The number of rotatable bonds is 3. The Kier molecular flexibility index (Phi) is 2.87. The maximum Gasteiger partial charge on any atom is 0.159 e. The molecule has 0 aliphatic rings. The molecule has 0 radical (unpaired) electrons. The van der Waals surface area contributed by atoms with Crippen molar-refractivity contribution in [1.29, 1.82) is 0 Å². The average molecular weight is 257 g/mol. The van der Waals surface area contributed by atoms with E-state index >= 15 is 0 Å². The molecule has 19 heavy (non-hydrogen) atoms. The van der Waals surface area contributed by atoms with Gasteiger partial charge >= 0.3 is 0 Å². The fraction of sp³-hybridized carbons (Fsp3) is 0.143. The molecule has 2 aromatic heterocycles. The van der Waals surface area contributed by atoms with Crippen LogP contribution in [-0.4, -0.2) is 21.7 Å². The van der Waals surface area contributed by atoms with Gasteiger partial charge in [0.05, 0.1) is 7.11 Å². The highest BCUT2D eigenvalue weighted by molar-refractivity contribution is 5.43. The summed E-state index contributed by atoms with van der Waals surface area (Å²) in [5.41, 5.74) is 1.71. The van der Waals surface area contributed by atoms with Crippen LogP contribution in [0.3, 0.4) is 0 Å². The van der Waals surface area contributed by atoms with E-state index in [1.807, 2.05) is 12.1 Å². The Balaban J connectivity index is 1.90. The van der Waals surface area contributed by atoms with Crippen LogP contribution in [0.1, 0.15) is 11.4 Å². The van der Waals surface area contributed by atoms with Gasteiger partial charge in [0.15, 0.2) is 11.5 Å². The van der Waals surface area contributed by atoms with Crippen molar-refractivity contribution >= 4 is 5.65 Å². The van der Waals surface area contributed by atoms with Crippen LogP contribution < -0.4 is 4.74 Å². The van der Waals surface area contributed by atoms with Gasteiger partial charge in [-0.25, -0.2) is 13.9 Å². The van der Waals surface area contributed by atoms with Gasteiger partial charge in [0.1, 0.15) is 11.6 Å². The Hall–Kier alpha value is -2.43. The highest BCUT2D eigenvalue weighted by atomic mass is 19.1. The van der Waals surface area contributed by atoms with Crippen molar-refractivity contribution in [1.82, 2.24) is 14.6 Å². The lowest BCUT2D eigenvalue weighted by Gasteiger charge is -1.97. The predicted octanol–water partition coefficient (Wildman–Crippen LogP) is 2.47. The van der Waals surface area contributed by atoms with Crippen LogP contribution in [-0.2, 0) is 6.42 Å². The molecule has 0 spiro atoms. The van der Waals surface area contributed by atoms with Crippen molar-refractivity contribution in [2.75, 3.05) is 7.11 Å². The summed E-state index contributed by atoms with van der Waals surface area (Å²) in [7, 11) is 1.61. The van der Waals surface area contributed by atoms with Gasteiger partial charge in [-0.2, -0.15) is 5.10 Å². The molecular weight excluding hydrogens is 245 g/mol. The number of aromatic nitrogens is 3. The second kappa shape index (κ2) is 4.68. The van der Waals surface area contributed by atoms with Crippen LogP contribution in [0.2, 0.25) is 0 Å². The lowest BCUT2D eigenvalue weighted by atomic mass is 10.1. The molecule has 5 heteroatoms. The van der Waals surface area contributed by atoms with E-state index in [1.54, 1.807) is 30.0 Å². The summed E-state index contributed by atoms with van der Waals surface area (Å²) < 4.78 is 19.7. The van der Waals surface area contributed by atoms with Gasteiger partial charge in [0.25, 0.3) is 0 Å². The summed E-state index contributed by atoms with van der Waals surface area (Å²) in [5.74, 6) is 1.20. The van der Waals surface area contributed by atoms with Crippen LogP contribution in [0, 0.1) is 5.82 Å². The summed E-state index contributed by atoms with van der Waals surface area (Å²) in [5, 5.41) is 4.36. The molecule has 0 fully saturated rings. The Morgan fingerprint density at radius 1 is 1.21 bits per heavy atom. The average Bonchev–Trinajstić information content (AvgIpc) is 2.82. The first-order valence-corrected chi connectivity index (χ1v) is 5.88. The lowest BCUT2D eigenvalue weighted by Crippen LogP contribution is -1.92. The number of pyridine rings is 1. The third-order valence-corrected chi connectivity index (χ3v) is 2.86. The highest BCUT2D eigenvalue weighted by Crippen LogP contribution is 2.14. The van der Waals surface area contributed by atoms with E-state index in [0.717, 1.165) is 17.0 Å². The van der Waals surface area contributed by atoms with Gasteiger partial charge in [0.2, 0.25) is 0 Å².